The van der Waals surface area contributed by atoms with Gasteiger partial charge < -0.3 is 4.90 Å². The van der Waals surface area contributed by atoms with Crippen LogP contribution >= 0.6 is 11.3 Å². The summed E-state index contributed by atoms with van der Waals surface area (Å²) >= 11 is 1.37. The largest absolute Gasteiger partial charge is 0.307 e. The molecule has 0 saturated heterocycles. The maximum absolute atomic E-state index is 13.8. The fraction of sp³-hybridized carbons (Fsp3) is 0.150. The molecule has 8 heteroatoms. The first-order chi connectivity index (χ1) is 13.4. The van der Waals surface area contributed by atoms with Gasteiger partial charge in [0, 0.05) is 17.8 Å². The van der Waals surface area contributed by atoms with Crippen molar-refractivity contribution < 1.29 is 17.6 Å². The monoisotopic (exact) mass is 416 g/mol. The highest BCUT2D eigenvalue weighted by molar-refractivity contribution is 7.91. The minimum absolute atomic E-state index is 0.0971. The van der Waals surface area contributed by atoms with E-state index in [1.165, 1.54) is 29.5 Å². The van der Waals surface area contributed by atoms with E-state index in [0.29, 0.717) is 29.2 Å². The lowest BCUT2D eigenvalue weighted by atomic mass is 10.1. The number of hydrogen-bond donors (Lipinski definition) is 1. The zero-order chi connectivity index (χ0) is 19.7. The highest BCUT2D eigenvalue weighted by Gasteiger charge is 2.27. The number of thiophene rings is 1. The van der Waals surface area contributed by atoms with Crippen LogP contribution in [0.2, 0.25) is 0 Å². The number of rotatable bonds is 5. The topological polar surface area (TPSA) is 66.5 Å². The number of sulfonamides is 1. The second kappa shape index (κ2) is 7.37. The Morgan fingerprint density at radius 2 is 1.96 bits per heavy atom. The third kappa shape index (κ3) is 3.79. The highest BCUT2D eigenvalue weighted by Crippen LogP contribution is 2.33. The summed E-state index contributed by atoms with van der Waals surface area (Å²) in [5, 5.41) is 1.84. The summed E-state index contributed by atoms with van der Waals surface area (Å²) in [5.74, 6) is -1.12. The van der Waals surface area contributed by atoms with E-state index in [-0.39, 0.29) is 11.5 Å². The Labute approximate surface area is 166 Å². The Hall–Kier alpha value is -2.71. The van der Waals surface area contributed by atoms with Crippen LogP contribution in [0.15, 0.2) is 60.0 Å². The maximum atomic E-state index is 13.8. The summed E-state index contributed by atoms with van der Waals surface area (Å²) in [6.45, 7) is 0.553. The van der Waals surface area contributed by atoms with Gasteiger partial charge in [0.05, 0.1) is 16.3 Å². The van der Waals surface area contributed by atoms with Crippen molar-refractivity contribution in [3.63, 3.8) is 0 Å². The van der Waals surface area contributed by atoms with Gasteiger partial charge in [-0.3, -0.25) is 9.52 Å². The number of nitrogens with zero attached hydrogens (tertiary/aromatic N) is 1. The number of benzene rings is 2. The molecule has 0 fully saturated rings. The maximum Gasteiger partial charge on any atom is 0.268 e. The van der Waals surface area contributed by atoms with Crippen LogP contribution in [0.4, 0.5) is 15.8 Å². The fourth-order valence-corrected chi connectivity index (χ4v) is 5.10. The van der Waals surface area contributed by atoms with Gasteiger partial charge in [-0.15, -0.1) is 11.3 Å². The molecule has 1 N–H and O–H groups in total. The number of nitrogens with one attached hydrogen (secondary N) is 1. The standard InChI is InChI=1S/C20H17FN2O3S2/c21-17-5-2-1-4-15(17)13-28(25,26)22-16-8-7-14-9-10-23(18(14)12-16)20(24)19-6-3-11-27-19/h1-8,11-12,22H,9-10,13H2. The number of carbonyl (C=O) groups is 1. The van der Waals surface area contributed by atoms with Gasteiger partial charge in [-0.25, -0.2) is 12.8 Å². The predicted molar refractivity (Wildman–Crippen MR) is 109 cm³/mol. The molecule has 4 rings (SSSR count). The van der Waals surface area contributed by atoms with Crippen molar-refractivity contribution in [1.29, 1.82) is 0 Å². The first kappa shape index (κ1) is 18.6. The summed E-state index contributed by atoms with van der Waals surface area (Å²) in [6.07, 6.45) is 0.717. The molecule has 0 atom stereocenters. The lowest BCUT2D eigenvalue weighted by molar-refractivity contribution is 0.0993. The quantitative estimate of drug-likeness (QED) is 0.683. The molecule has 0 bridgehead atoms. The highest BCUT2D eigenvalue weighted by atomic mass is 32.2. The van der Waals surface area contributed by atoms with Gasteiger partial charge in [0.15, 0.2) is 0 Å². The molecule has 0 unspecified atom stereocenters. The molecule has 144 valence electrons. The molecule has 1 aliphatic heterocycles. The average Bonchev–Trinajstić information content (AvgIpc) is 3.32. The van der Waals surface area contributed by atoms with Crippen LogP contribution in [-0.4, -0.2) is 20.9 Å². The van der Waals surface area contributed by atoms with E-state index in [9.17, 15) is 17.6 Å². The summed E-state index contributed by atoms with van der Waals surface area (Å²) in [6, 6.07) is 14.5. The Morgan fingerprint density at radius 1 is 1.14 bits per heavy atom. The van der Waals surface area contributed by atoms with Gasteiger partial charge >= 0.3 is 0 Å². The van der Waals surface area contributed by atoms with Gasteiger partial charge in [0.1, 0.15) is 5.82 Å². The third-order valence-electron chi connectivity index (χ3n) is 4.53. The molecule has 1 aliphatic rings. The minimum atomic E-state index is -3.80. The molecule has 3 aromatic rings. The number of anilines is 2. The molecule has 5 nitrogen and oxygen atoms in total. The van der Waals surface area contributed by atoms with E-state index in [1.54, 1.807) is 29.2 Å². The Morgan fingerprint density at radius 3 is 2.71 bits per heavy atom. The molecule has 2 heterocycles. The van der Waals surface area contributed by atoms with Gasteiger partial charge in [-0.2, -0.15) is 0 Å². The van der Waals surface area contributed by atoms with Crippen molar-refractivity contribution in [1.82, 2.24) is 0 Å². The lowest BCUT2D eigenvalue weighted by Crippen LogP contribution is -2.28. The van der Waals surface area contributed by atoms with Crippen molar-refractivity contribution in [2.24, 2.45) is 0 Å². The van der Waals surface area contributed by atoms with Crippen LogP contribution in [0.3, 0.4) is 0 Å². The number of carbonyl (C=O) groups excluding carboxylic acids is 1. The summed E-state index contributed by atoms with van der Waals surface area (Å²) < 4.78 is 41.2. The smallest absolute Gasteiger partial charge is 0.268 e. The van der Waals surface area contributed by atoms with Crippen molar-refractivity contribution in [2.75, 3.05) is 16.2 Å². The molecule has 0 spiro atoms. The molecule has 1 amide bonds. The number of hydrogen-bond acceptors (Lipinski definition) is 4. The predicted octanol–water partition coefficient (Wildman–Crippen LogP) is 4.03. The first-order valence-corrected chi connectivity index (χ1v) is 11.2. The van der Waals surface area contributed by atoms with E-state index in [1.807, 2.05) is 17.5 Å². The van der Waals surface area contributed by atoms with Crippen LogP contribution in [0.1, 0.15) is 20.8 Å². The van der Waals surface area contributed by atoms with Crippen LogP contribution in [0, 0.1) is 5.82 Å². The Balaban J connectivity index is 1.56. The molecule has 0 radical (unpaired) electrons. The van der Waals surface area contributed by atoms with Crippen molar-refractivity contribution in [3.05, 3.63) is 81.8 Å². The lowest BCUT2D eigenvalue weighted by Gasteiger charge is -2.17. The van der Waals surface area contributed by atoms with Crippen molar-refractivity contribution >= 4 is 38.6 Å². The zero-order valence-corrected chi connectivity index (χ0v) is 16.4. The van der Waals surface area contributed by atoms with Crippen LogP contribution in [0.5, 0.6) is 0 Å². The van der Waals surface area contributed by atoms with E-state index < -0.39 is 21.6 Å². The molecule has 28 heavy (non-hydrogen) atoms. The van der Waals surface area contributed by atoms with E-state index in [0.717, 1.165) is 5.56 Å². The Bertz CT molecular complexity index is 1130. The van der Waals surface area contributed by atoms with Gasteiger partial charge in [0.25, 0.3) is 5.91 Å². The van der Waals surface area contributed by atoms with Gasteiger partial charge in [-0.1, -0.05) is 30.3 Å². The molecule has 0 aliphatic carbocycles. The Kier molecular flexibility index (Phi) is 4.91. The average molecular weight is 416 g/mol. The van der Waals surface area contributed by atoms with Crippen molar-refractivity contribution in [2.45, 2.75) is 12.2 Å². The fourth-order valence-electron chi connectivity index (χ4n) is 3.22. The summed E-state index contributed by atoms with van der Waals surface area (Å²) in [7, 11) is -3.80. The van der Waals surface area contributed by atoms with E-state index in [4.69, 9.17) is 0 Å². The molecular formula is C20H17FN2O3S2. The zero-order valence-electron chi connectivity index (χ0n) is 14.8. The van der Waals surface area contributed by atoms with Crippen LogP contribution < -0.4 is 9.62 Å². The molecule has 2 aromatic carbocycles. The second-order valence-corrected chi connectivity index (χ2v) is 9.15. The first-order valence-electron chi connectivity index (χ1n) is 8.65. The minimum Gasteiger partial charge on any atom is -0.307 e. The SMILES string of the molecule is O=C(c1cccs1)N1CCc2ccc(NS(=O)(=O)Cc3ccccc3F)cc21. The van der Waals surface area contributed by atoms with Gasteiger partial charge in [-0.05, 0) is 41.6 Å². The number of halogens is 1. The molecule has 0 saturated carbocycles. The molecular weight excluding hydrogens is 399 g/mol. The normalized spacial score (nSPS) is 13.4. The third-order valence-corrected chi connectivity index (χ3v) is 6.63. The number of amides is 1. The summed E-state index contributed by atoms with van der Waals surface area (Å²) in [5.41, 5.74) is 2.14. The summed E-state index contributed by atoms with van der Waals surface area (Å²) in [4.78, 5) is 15.0. The van der Waals surface area contributed by atoms with Crippen molar-refractivity contribution in [3.8, 4) is 0 Å². The van der Waals surface area contributed by atoms with E-state index in [2.05, 4.69) is 4.72 Å². The number of fused-ring (bicyclic) bond motifs is 1. The van der Waals surface area contributed by atoms with Gasteiger partial charge in [0.2, 0.25) is 10.0 Å². The second-order valence-electron chi connectivity index (χ2n) is 6.48. The molecule has 1 aromatic heterocycles. The van der Waals surface area contributed by atoms with E-state index >= 15 is 0 Å². The van der Waals surface area contributed by atoms with Crippen LogP contribution in [0.25, 0.3) is 0 Å². The van der Waals surface area contributed by atoms with Crippen LogP contribution in [-0.2, 0) is 22.2 Å².